The van der Waals surface area contributed by atoms with Crippen molar-refractivity contribution in [2.75, 3.05) is 0 Å². The fourth-order valence-electron chi connectivity index (χ4n) is 6.71. The zero-order valence-corrected chi connectivity index (χ0v) is 23.7. The number of rotatable bonds is 12. The Morgan fingerprint density at radius 2 is 1.76 bits per heavy atom. The second-order valence-corrected chi connectivity index (χ2v) is 11.8. The summed E-state index contributed by atoms with van der Waals surface area (Å²) in [4.78, 5) is 24.7. The highest BCUT2D eigenvalue weighted by atomic mass is 16.6. The van der Waals surface area contributed by atoms with E-state index in [-0.39, 0.29) is 35.6 Å². The molecule has 0 spiro atoms. The predicted molar refractivity (Wildman–Crippen MR) is 154 cm³/mol. The fourth-order valence-corrected chi connectivity index (χ4v) is 6.71. The minimum Gasteiger partial charge on any atom is -0.462 e. The van der Waals surface area contributed by atoms with Crippen LogP contribution in [0.15, 0.2) is 60.8 Å². The SMILES string of the molecule is C=C[C@H](CCC1CCCC/C1=C\C=C1\CC[C@H](C)C(=O)C1=C)[C@H](C=C)C[C@@H]1OC(=O)C(C)[C@@H]1CCCC. The largest absolute Gasteiger partial charge is 0.462 e. The third-order valence-corrected chi connectivity index (χ3v) is 9.43. The normalized spacial score (nSPS) is 32.4. The molecule has 3 rings (SSSR count). The van der Waals surface area contributed by atoms with Crippen LogP contribution in [0, 0.1) is 35.5 Å². The Morgan fingerprint density at radius 3 is 2.46 bits per heavy atom. The van der Waals surface area contributed by atoms with E-state index in [0.29, 0.717) is 23.3 Å². The molecule has 0 bridgehead atoms. The lowest BCUT2D eigenvalue weighted by molar-refractivity contribution is -0.144. The van der Waals surface area contributed by atoms with Crippen molar-refractivity contribution in [1.29, 1.82) is 0 Å². The number of allylic oxidation sites excluding steroid dienone is 7. The molecule has 1 saturated heterocycles. The van der Waals surface area contributed by atoms with E-state index in [1.54, 1.807) is 0 Å². The van der Waals surface area contributed by atoms with Crippen molar-refractivity contribution in [3.05, 3.63) is 60.8 Å². The molecule has 0 aromatic rings. The van der Waals surface area contributed by atoms with E-state index in [4.69, 9.17) is 4.74 Å². The summed E-state index contributed by atoms with van der Waals surface area (Å²) in [5, 5.41) is 0. The van der Waals surface area contributed by atoms with Gasteiger partial charge in [0.1, 0.15) is 6.10 Å². The van der Waals surface area contributed by atoms with Crippen LogP contribution in [-0.2, 0) is 14.3 Å². The van der Waals surface area contributed by atoms with Crippen molar-refractivity contribution in [2.45, 2.75) is 104 Å². The smallest absolute Gasteiger partial charge is 0.309 e. The Morgan fingerprint density at radius 1 is 1.00 bits per heavy atom. The van der Waals surface area contributed by atoms with Crippen molar-refractivity contribution < 1.29 is 14.3 Å². The van der Waals surface area contributed by atoms with Gasteiger partial charge < -0.3 is 4.74 Å². The highest BCUT2D eigenvalue weighted by molar-refractivity contribution is 6.01. The Bertz CT molecular complexity index is 906. The lowest BCUT2D eigenvalue weighted by Gasteiger charge is -2.30. The van der Waals surface area contributed by atoms with E-state index < -0.39 is 0 Å². The molecule has 0 N–H and O–H groups in total. The summed E-state index contributed by atoms with van der Waals surface area (Å²) in [5.74, 6) is 1.75. The number of hydrogen-bond acceptors (Lipinski definition) is 3. The van der Waals surface area contributed by atoms with Gasteiger partial charge in [0.25, 0.3) is 0 Å². The molecule has 0 aromatic carbocycles. The minimum absolute atomic E-state index is 0.00741. The second-order valence-electron chi connectivity index (χ2n) is 11.8. The average molecular weight is 507 g/mol. The molecule has 2 saturated carbocycles. The first kappa shape index (κ1) is 29.4. The average Bonchev–Trinajstić information content (AvgIpc) is 3.17. The van der Waals surface area contributed by atoms with Crippen LogP contribution in [0.3, 0.4) is 0 Å². The van der Waals surface area contributed by atoms with Gasteiger partial charge in [-0.25, -0.2) is 0 Å². The van der Waals surface area contributed by atoms with Gasteiger partial charge in [0.15, 0.2) is 5.78 Å². The van der Waals surface area contributed by atoms with Crippen LogP contribution in [0.5, 0.6) is 0 Å². The maximum atomic E-state index is 12.4. The van der Waals surface area contributed by atoms with Gasteiger partial charge in [-0.3, -0.25) is 9.59 Å². The van der Waals surface area contributed by atoms with Crippen molar-refractivity contribution >= 4 is 11.8 Å². The Labute approximate surface area is 226 Å². The number of unbranched alkanes of at least 4 members (excludes halogenated alkanes) is 1. The van der Waals surface area contributed by atoms with Gasteiger partial charge in [-0.15, -0.1) is 13.2 Å². The van der Waals surface area contributed by atoms with E-state index in [0.717, 1.165) is 63.4 Å². The monoisotopic (exact) mass is 506 g/mol. The minimum atomic E-state index is -0.0352. The molecule has 3 heteroatoms. The van der Waals surface area contributed by atoms with Gasteiger partial charge in [0, 0.05) is 17.4 Å². The lowest BCUT2D eigenvalue weighted by atomic mass is 9.75. The molecule has 0 aromatic heterocycles. The van der Waals surface area contributed by atoms with Gasteiger partial charge in [-0.1, -0.05) is 76.5 Å². The van der Waals surface area contributed by atoms with Crippen LogP contribution in [0.2, 0.25) is 0 Å². The van der Waals surface area contributed by atoms with E-state index in [9.17, 15) is 9.59 Å². The number of carbonyl (C=O) groups excluding carboxylic acids is 2. The molecule has 3 aliphatic rings. The third kappa shape index (κ3) is 7.45. The maximum absolute atomic E-state index is 12.4. The number of esters is 1. The predicted octanol–water partition coefficient (Wildman–Crippen LogP) is 8.73. The standard InChI is InChI=1S/C34H50O3/c1-7-10-15-31-25(6)34(36)37-32(31)22-27(9-3)26(8-2)18-20-29-13-11-12-14-30(29)21-19-28-17-16-23(4)33(35)24(28)5/h8-9,19,21,23,25-27,29,31-32H,2-3,5,7,10-18,20,22H2,1,4,6H3/b28-19-,30-21+/t23-,25?,26+,27+,29?,31-,32-/m0/s1. The topological polar surface area (TPSA) is 43.4 Å². The van der Waals surface area contributed by atoms with Gasteiger partial charge in [-0.05, 0) is 81.1 Å². The molecular weight excluding hydrogens is 456 g/mol. The molecular formula is C34H50O3. The van der Waals surface area contributed by atoms with E-state index in [2.05, 4.69) is 51.0 Å². The molecule has 0 radical (unpaired) electrons. The first-order valence-electron chi connectivity index (χ1n) is 14.9. The van der Waals surface area contributed by atoms with Gasteiger partial charge in [-0.2, -0.15) is 0 Å². The van der Waals surface area contributed by atoms with Gasteiger partial charge in [0.05, 0.1) is 5.92 Å². The molecule has 1 heterocycles. The highest BCUT2D eigenvalue weighted by Crippen LogP contribution is 2.40. The Hall–Kier alpha value is -2.16. The van der Waals surface area contributed by atoms with Crippen LogP contribution in [0.4, 0.5) is 0 Å². The van der Waals surface area contributed by atoms with Crippen LogP contribution in [0.1, 0.15) is 97.8 Å². The van der Waals surface area contributed by atoms with Crippen molar-refractivity contribution in [3.63, 3.8) is 0 Å². The molecule has 7 atom stereocenters. The molecule has 3 nitrogen and oxygen atoms in total. The molecule has 2 aliphatic carbocycles. The summed E-state index contributed by atoms with van der Waals surface area (Å²) in [5.41, 5.74) is 3.35. The molecule has 1 aliphatic heterocycles. The van der Waals surface area contributed by atoms with E-state index >= 15 is 0 Å². The first-order valence-corrected chi connectivity index (χ1v) is 14.9. The summed E-state index contributed by atoms with van der Waals surface area (Å²) in [6, 6.07) is 0. The van der Waals surface area contributed by atoms with Crippen LogP contribution in [-0.4, -0.2) is 17.9 Å². The number of Topliss-reactive ketones (excluding diaryl/α,β-unsaturated/α-hetero) is 1. The number of hydrogen-bond donors (Lipinski definition) is 0. The van der Waals surface area contributed by atoms with Crippen LogP contribution in [0.25, 0.3) is 0 Å². The number of ether oxygens (including phenoxy) is 1. The zero-order valence-electron chi connectivity index (χ0n) is 23.7. The quantitative estimate of drug-likeness (QED) is 0.151. The van der Waals surface area contributed by atoms with Crippen molar-refractivity contribution in [2.24, 2.45) is 35.5 Å². The summed E-state index contributed by atoms with van der Waals surface area (Å²) < 4.78 is 5.87. The second kappa shape index (κ2) is 14.1. The molecule has 0 amide bonds. The summed E-state index contributed by atoms with van der Waals surface area (Å²) in [7, 11) is 0. The fraction of sp³-hybridized carbons (Fsp3) is 0.647. The third-order valence-electron chi connectivity index (χ3n) is 9.43. The Balaban J connectivity index is 1.64. The van der Waals surface area contributed by atoms with Crippen LogP contribution < -0.4 is 0 Å². The van der Waals surface area contributed by atoms with E-state index in [1.807, 2.05) is 13.8 Å². The number of cyclic esters (lactones) is 1. The molecule has 37 heavy (non-hydrogen) atoms. The first-order chi connectivity index (χ1) is 17.8. The Kier molecular flexibility index (Phi) is 11.2. The summed E-state index contributed by atoms with van der Waals surface area (Å²) in [6.07, 6.45) is 21.8. The van der Waals surface area contributed by atoms with Gasteiger partial charge >= 0.3 is 5.97 Å². The van der Waals surface area contributed by atoms with E-state index in [1.165, 1.54) is 24.8 Å². The van der Waals surface area contributed by atoms with Crippen molar-refractivity contribution in [1.82, 2.24) is 0 Å². The van der Waals surface area contributed by atoms with Crippen LogP contribution >= 0.6 is 0 Å². The molecule has 3 fully saturated rings. The number of carbonyl (C=O) groups is 2. The zero-order chi connectivity index (χ0) is 26.9. The maximum Gasteiger partial charge on any atom is 0.309 e. The lowest BCUT2D eigenvalue weighted by Crippen LogP contribution is -2.25. The number of ketones is 1. The summed E-state index contributed by atoms with van der Waals surface area (Å²) in [6.45, 7) is 18.7. The van der Waals surface area contributed by atoms with Gasteiger partial charge in [0.2, 0.25) is 0 Å². The van der Waals surface area contributed by atoms with Crippen molar-refractivity contribution in [3.8, 4) is 0 Å². The molecule has 204 valence electrons. The molecule has 2 unspecified atom stereocenters. The highest BCUT2D eigenvalue weighted by Gasteiger charge is 2.42. The summed E-state index contributed by atoms with van der Waals surface area (Å²) >= 11 is 0.